The lowest BCUT2D eigenvalue weighted by atomic mass is 10.2. The summed E-state index contributed by atoms with van der Waals surface area (Å²) in [5, 5.41) is 12.4. The first kappa shape index (κ1) is 14.4. The number of hydrogen-bond donors (Lipinski definition) is 4. The molecule has 0 aliphatic rings. The van der Waals surface area contributed by atoms with Crippen molar-refractivity contribution in [3.8, 4) is 6.01 Å². The summed E-state index contributed by atoms with van der Waals surface area (Å²) in [6.07, 6.45) is 1.02. The second-order valence-electron chi connectivity index (χ2n) is 3.62. The van der Waals surface area contributed by atoms with E-state index in [0.29, 0.717) is 25.5 Å². The molecule has 1 aromatic heterocycles. The van der Waals surface area contributed by atoms with Gasteiger partial charge in [0.05, 0.1) is 12.7 Å². The van der Waals surface area contributed by atoms with Crippen molar-refractivity contribution in [1.82, 2.24) is 15.0 Å². The van der Waals surface area contributed by atoms with Crippen LogP contribution in [0.25, 0.3) is 0 Å². The number of hydrogen-bond acceptors (Lipinski definition) is 8. The molecule has 1 aromatic rings. The number of nitrogens with one attached hydrogen (secondary N) is 2. The first-order chi connectivity index (χ1) is 8.69. The fraction of sp³-hybridized carbons (Fsp3) is 0.700. The number of nitrogens with two attached hydrogens (primary N) is 1. The molecule has 1 rings (SSSR count). The van der Waals surface area contributed by atoms with E-state index in [1.54, 1.807) is 0 Å². The van der Waals surface area contributed by atoms with Crippen molar-refractivity contribution < 1.29 is 9.84 Å². The van der Waals surface area contributed by atoms with E-state index in [-0.39, 0.29) is 18.1 Å². The summed E-state index contributed by atoms with van der Waals surface area (Å²) in [6, 6.07) is 0.207. The van der Waals surface area contributed by atoms with Gasteiger partial charge in [-0.1, -0.05) is 6.92 Å². The van der Waals surface area contributed by atoms with Crippen LogP contribution < -0.4 is 21.3 Å². The molecule has 0 amide bonds. The number of aromatic nitrogens is 3. The molecule has 102 valence electrons. The van der Waals surface area contributed by atoms with E-state index in [1.807, 2.05) is 13.8 Å². The van der Waals surface area contributed by atoms with Crippen LogP contribution in [0.5, 0.6) is 6.01 Å². The molecular formula is C10H20N6O2. The molecule has 1 unspecified atom stereocenters. The van der Waals surface area contributed by atoms with Gasteiger partial charge in [-0.05, 0) is 19.8 Å². The van der Waals surface area contributed by atoms with Crippen LogP contribution in [0, 0.1) is 0 Å². The van der Waals surface area contributed by atoms with E-state index in [1.165, 1.54) is 0 Å². The third-order valence-electron chi connectivity index (χ3n) is 2.25. The van der Waals surface area contributed by atoms with Crippen LogP contribution in [0.15, 0.2) is 0 Å². The third-order valence-corrected chi connectivity index (χ3v) is 2.25. The van der Waals surface area contributed by atoms with Gasteiger partial charge in [0.1, 0.15) is 0 Å². The quantitative estimate of drug-likeness (QED) is 0.383. The van der Waals surface area contributed by atoms with Crippen LogP contribution in [0.3, 0.4) is 0 Å². The molecule has 0 fully saturated rings. The standard InChI is InChI=1S/C10H20N6O2/c1-3-7(17)5-6-12-8-13-9(16-11)15-10(14-8)18-4-2/h7,17H,3-6,11H2,1-2H3,(H2,12,13,14,15,16). The molecule has 8 heteroatoms. The number of rotatable bonds is 8. The zero-order chi connectivity index (χ0) is 13.4. The number of anilines is 2. The summed E-state index contributed by atoms with van der Waals surface area (Å²) in [7, 11) is 0. The average Bonchev–Trinajstić information content (AvgIpc) is 2.38. The number of nitrogen functional groups attached to an aromatic ring is 1. The van der Waals surface area contributed by atoms with Gasteiger partial charge in [-0.25, -0.2) is 5.84 Å². The number of hydrazine groups is 1. The Labute approximate surface area is 106 Å². The summed E-state index contributed by atoms with van der Waals surface area (Å²) in [5.41, 5.74) is 2.34. The number of aliphatic hydroxyl groups excluding tert-OH is 1. The monoisotopic (exact) mass is 256 g/mol. The Morgan fingerprint density at radius 2 is 2.00 bits per heavy atom. The summed E-state index contributed by atoms with van der Waals surface area (Å²) < 4.78 is 5.19. The van der Waals surface area contributed by atoms with Crippen molar-refractivity contribution in [2.45, 2.75) is 32.8 Å². The maximum absolute atomic E-state index is 9.43. The lowest BCUT2D eigenvalue weighted by Crippen LogP contribution is -2.17. The maximum atomic E-state index is 9.43. The number of nitrogens with zero attached hydrogens (tertiary/aromatic N) is 3. The lowest BCUT2D eigenvalue weighted by Gasteiger charge is -2.10. The molecule has 0 radical (unpaired) electrons. The van der Waals surface area contributed by atoms with Gasteiger partial charge in [-0.3, -0.25) is 5.43 Å². The molecule has 0 aromatic carbocycles. The molecule has 0 bridgehead atoms. The minimum atomic E-state index is -0.321. The predicted octanol–water partition coefficient (Wildman–Crippen LogP) is 0.129. The topological polar surface area (TPSA) is 118 Å². The highest BCUT2D eigenvalue weighted by molar-refractivity contribution is 5.34. The molecule has 18 heavy (non-hydrogen) atoms. The molecule has 1 heterocycles. The van der Waals surface area contributed by atoms with Crippen molar-refractivity contribution in [3.05, 3.63) is 0 Å². The van der Waals surface area contributed by atoms with Crippen molar-refractivity contribution >= 4 is 11.9 Å². The predicted molar refractivity (Wildman–Crippen MR) is 68.2 cm³/mol. The van der Waals surface area contributed by atoms with E-state index in [0.717, 1.165) is 6.42 Å². The molecule has 0 aliphatic carbocycles. The highest BCUT2D eigenvalue weighted by atomic mass is 16.5. The van der Waals surface area contributed by atoms with E-state index in [2.05, 4.69) is 25.7 Å². The second-order valence-corrected chi connectivity index (χ2v) is 3.62. The third kappa shape index (κ3) is 4.68. The van der Waals surface area contributed by atoms with Crippen LogP contribution >= 0.6 is 0 Å². The second kappa shape index (κ2) is 7.62. The van der Waals surface area contributed by atoms with E-state index < -0.39 is 0 Å². The van der Waals surface area contributed by atoms with Gasteiger partial charge in [0, 0.05) is 6.54 Å². The minimum Gasteiger partial charge on any atom is -0.464 e. The Hall–Kier alpha value is -1.67. The number of aliphatic hydroxyl groups is 1. The Morgan fingerprint density at radius 3 is 2.61 bits per heavy atom. The molecule has 8 nitrogen and oxygen atoms in total. The summed E-state index contributed by atoms with van der Waals surface area (Å²) in [5.74, 6) is 5.85. The van der Waals surface area contributed by atoms with E-state index in [4.69, 9.17) is 10.6 Å². The van der Waals surface area contributed by atoms with Crippen LogP contribution in [-0.4, -0.2) is 39.3 Å². The largest absolute Gasteiger partial charge is 0.464 e. The van der Waals surface area contributed by atoms with Crippen molar-refractivity contribution in [1.29, 1.82) is 0 Å². The van der Waals surface area contributed by atoms with Gasteiger partial charge >= 0.3 is 6.01 Å². The molecule has 0 spiro atoms. The Kier molecular flexibility index (Phi) is 6.09. The van der Waals surface area contributed by atoms with Gasteiger partial charge < -0.3 is 15.2 Å². The van der Waals surface area contributed by atoms with Gasteiger partial charge in [0.2, 0.25) is 11.9 Å². The SMILES string of the molecule is CCOc1nc(NN)nc(NCCC(O)CC)n1. The first-order valence-corrected chi connectivity index (χ1v) is 5.97. The van der Waals surface area contributed by atoms with E-state index >= 15 is 0 Å². The first-order valence-electron chi connectivity index (χ1n) is 5.97. The molecule has 1 atom stereocenters. The zero-order valence-corrected chi connectivity index (χ0v) is 10.7. The van der Waals surface area contributed by atoms with Crippen molar-refractivity contribution in [3.63, 3.8) is 0 Å². The van der Waals surface area contributed by atoms with E-state index in [9.17, 15) is 5.11 Å². The smallest absolute Gasteiger partial charge is 0.323 e. The minimum absolute atomic E-state index is 0.207. The Bertz CT molecular complexity index is 362. The van der Waals surface area contributed by atoms with Crippen LogP contribution in [0.4, 0.5) is 11.9 Å². The molecule has 5 N–H and O–H groups in total. The van der Waals surface area contributed by atoms with Gasteiger partial charge in [-0.2, -0.15) is 15.0 Å². The van der Waals surface area contributed by atoms with Crippen molar-refractivity contribution in [2.24, 2.45) is 5.84 Å². The van der Waals surface area contributed by atoms with Gasteiger partial charge in [0.25, 0.3) is 0 Å². The van der Waals surface area contributed by atoms with Crippen LogP contribution in [-0.2, 0) is 0 Å². The van der Waals surface area contributed by atoms with Gasteiger partial charge in [-0.15, -0.1) is 0 Å². The van der Waals surface area contributed by atoms with Crippen molar-refractivity contribution in [2.75, 3.05) is 23.9 Å². The number of ether oxygens (including phenoxy) is 1. The Balaban J connectivity index is 2.60. The highest BCUT2D eigenvalue weighted by Crippen LogP contribution is 2.10. The van der Waals surface area contributed by atoms with Crippen LogP contribution in [0.1, 0.15) is 26.7 Å². The maximum Gasteiger partial charge on any atom is 0.323 e. The fourth-order valence-electron chi connectivity index (χ4n) is 1.25. The zero-order valence-electron chi connectivity index (χ0n) is 10.7. The fourth-order valence-corrected chi connectivity index (χ4v) is 1.25. The molecular weight excluding hydrogens is 236 g/mol. The summed E-state index contributed by atoms with van der Waals surface area (Å²) >= 11 is 0. The molecule has 0 aliphatic heterocycles. The van der Waals surface area contributed by atoms with Crippen LogP contribution in [0.2, 0.25) is 0 Å². The summed E-state index contributed by atoms with van der Waals surface area (Å²) in [4.78, 5) is 12.0. The van der Waals surface area contributed by atoms with Gasteiger partial charge in [0.15, 0.2) is 0 Å². The normalized spacial score (nSPS) is 12.0. The molecule has 0 saturated heterocycles. The lowest BCUT2D eigenvalue weighted by molar-refractivity contribution is 0.164. The summed E-state index contributed by atoms with van der Waals surface area (Å²) in [6.45, 7) is 4.79. The average molecular weight is 256 g/mol. The molecule has 0 saturated carbocycles. The Morgan fingerprint density at radius 1 is 1.28 bits per heavy atom. The highest BCUT2D eigenvalue weighted by Gasteiger charge is 2.07.